The van der Waals surface area contributed by atoms with E-state index in [1.54, 1.807) is 14.2 Å². The Morgan fingerprint density at radius 1 is 0.919 bits per heavy atom. The van der Waals surface area contributed by atoms with Crippen molar-refractivity contribution >= 4 is 34.2 Å². The first-order valence-electron chi connectivity index (χ1n) is 12.9. The van der Waals surface area contributed by atoms with Gasteiger partial charge in [0.25, 0.3) is 0 Å². The zero-order chi connectivity index (χ0) is 25.9. The molecule has 0 atom stereocenters. The molecule has 0 saturated heterocycles. The van der Waals surface area contributed by atoms with Crippen molar-refractivity contribution < 1.29 is 23.8 Å². The molecule has 2 aliphatic carbocycles. The Labute approximate surface area is 231 Å². The molecule has 0 unspecified atom stereocenters. The van der Waals surface area contributed by atoms with Crippen LogP contribution in [0.1, 0.15) is 55.6 Å². The van der Waals surface area contributed by atoms with Gasteiger partial charge in [0.1, 0.15) is 6.61 Å². The number of methoxy groups -OCH3 is 2. The summed E-state index contributed by atoms with van der Waals surface area (Å²) in [6.07, 6.45) is 4.35. The van der Waals surface area contributed by atoms with E-state index in [0.717, 1.165) is 62.9 Å². The molecule has 1 aliphatic heterocycles. The van der Waals surface area contributed by atoms with Crippen LogP contribution >= 0.6 is 22.6 Å². The van der Waals surface area contributed by atoms with E-state index in [1.807, 2.05) is 36.4 Å². The van der Waals surface area contributed by atoms with Gasteiger partial charge in [-0.25, -0.2) is 0 Å². The minimum absolute atomic E-state index is 0.136. The molecule has 0 N–H and O–H groups in total. The number of carbonyl (C=O) groups is 2. The number of allylic oxidation sites excluding steroid dienone is 4. The molecule has 0 amide bonds. The van der Waals surface area contributed by atoms with Gasteiger partial charge >= 0.3 is 0 Å². The lowest BCUT2D eigenvalue weighted by Crippen LogP contribution is -2.40. The standard InChI is InChI=1S/C30H32INO5/c1-35-15-14-32-22-10-6-12-24(33)28(22)27(29-23(32)11-7-13-25(29)34)20-16-21(31)30(26(17-20)36-2)37-18-19-8-4-3-5-9-19/h3-5,8-9,16-17,27H,6-7,10-15,18H2,1-2H3. The van der Waals surface area contributed by atoms with E-state index < -0.39 is 0 Å². The maximum absolute atomic E-state index is 13.5. The third-order valence-corrected chi connectivity index (χ3v) is 8.22. The summed E-state index contributed by atoms with van der Waals surface area (Å²) in [6.45, 7) is 1.61. The van der Waals surface area contributed by atoms with Crippen LogP contribution in [0, 0.1) is 3.57 Å². The van der Waals surface area contributed by atoms with Crippen LogP contribution in [0.5, 0.6) is 11.5 Å². The average Bonchev–Trinajstić information content (AvgIpc) is 2.91. The summed E-state index contributed by atoms with van der Waals surface area (Å²) in [6, 6.07) is 14.0. The Morgan fingerprint density at radius 2 is 1.57 bits per heavy atom. The zero-order valence-electron chi connectivity index (χ0n) is 21.3. The first-order valence-corrected chi connectivity index (χ1v) is 13.9. The molecule has 1 heterocycles. The van der Waals surface area contributed by atoms with Crippen LogP contribution < -0.4 is 9.47 Å². The maximum atomic E-state index is 13.5. The predicted molar refractivity (Wildman–Crippen MR) is 150 cm³/mol. The molecule has 0 bridgehead atoms. The number of hydrogen-bond acceptors (Lipinski definition) is 6. The topological polar surface area (TPSA) is 65.1 Å². The highest BCUT2D eigenvalue weighted by atomic mass is 127. The van der Waals surface area contributed by atoms with Gasteiger partial charge in [0, 0.05) is 55.0 Å². The van der Waals surface area contributed by atoms with Crippen LogP contribution in [-0.2, 0) is 20.9 Å². The van der Waals surface area contributed by atoms with Gasteiger partial charge in [-0.2, -0.15) is 0 Å². The van der Waals surface area contributed by atoms with Gasteiger partial charge in [-0.1, -0.05) is 30.3 Å². The summed E-state index contributed by atoms with van der Waals surface area (Å²) in [5.41, 5.74) is 5.64. The molecule has 0 radical (unpaired) electrons. The largest absolute Gasteiger partial charge is 0.493 e. The lowest BCUT2D eigenvalue weighted by Gasteiger charge is -2.44. The quantitative estimate of drug-likeness (QED) is 0.344. The third-order valence-electron chi connectivity index (χ3n) is 7.42. The number of hydrogen-bond donors (Lipinski definition) is 0. The van der Waals surface area contributed by atoms with Crippen molar-refractivity contribution in [1.82, 2.24) is 4.90 Å². The molecule has 0 spiro atoms. The van der Waals surface area contributed by atoms with Crippen molar-refractivity contribution in [2.45, 2.75) is 51.0 Å². The van der Waals surface area contributed by atoms with E-state index in [0.29, 0.717) is 44.1 Å². The Hall–Kier alpha value is -2.65. The Balaban J connectivity index is 1.60. The van der Waals surface area contributed by atoms with E-state index >= 15 is 0 Å². The van der Waals surface area contributed by atoms with Gasteiger partial charge in [0.2, 0.25) is 0 Å². The molecule has 0 saturated carbocycles. The Kier molecular flexibility index (Phi) is 8.00. The zero-order valence-corrected chi connectivity index (χ0v) is 23.5. The van der Waals surface area contributed by atoms with Crippen molar-refractivity contribution in [3.05, 3.63) is 79.7 Å². The minimum atomic E-state index is -0.380. The fraction of sp³-hybridized carbons (Fsp3) is 0.400. The smallest absolute Gasteiger partial charge is 0.174 e. The summed E-state index contributed by atoms with van der Waals surface area (Å²) in [5, 5.41) is 0. The molecule has 194 valence electrons. The fourth-order valence-corrected chi connectivity index (χ4v) is 6.56. The molecule has 2 aromatic rings. The van der Waals surface area contributed by atoms with Crippen LogP contribution in [0.25, 0.3) is 0 Å². The highest BCUT2D eigenvalue weighted by Crippen LogP contribution is 2.50. The average molecular weight is 613 g/mol. The Bertz CT molecular complexity index is 1220. The number of benzene rings is 2. The molecule has 0 aromatic heterocycles. The van der Waals surface area contributed by atoms with Gasteiger partial charge in [-0.3, -0.25) is 9.59 Å². The number of ether oxygens (including phenoxy) is 3. The van der Waals surface area contributed by atoms with Crippen molar-refractivity contribution in [2.75, 3.05) is 27.4 Å². The van der Waals surface area contributed by atoms with E-state index in [-0.39, 0.29) is 17.5 Å². The molecule has 2 aromatic carbocycles. The monoisotopic (exact) mass is 613 g/mol. The third kappa shape index (κ3) is 5.08. The fourth-order valence-electron chi connectivity index (χ4n) is 5.78. The lowest BCUT2D eigenvalue weighted by molar-refractivity contribution is -0.117. The first kappa shape index (κ1) is 26.0. The van der Waals surface area contributed by atoms with Crippen LogP contribution in [-0.4, -0.2) is 43.8 Å². The number of Topliss-reactive ketones (excluding diaryl/α,β-unsaturated/α-hetero) is 2. The number of nitrogens with zero attached hydrogens (tertiary/aromatic N) is 1. The van der Waals surface area contributed by atoms with E-state index in [1.165, 1.54) is 0 Å². The lowest BCUT2D eigenvalue weighted by atomic mass is 9.71. The number of halogens is 1. The second-order valence-electron chi connectivity index (χ2n) is 9.66. The second-order valence-corrected chi connectivity index (χ2v) is 10.8. The van der Waals surface area contributed by atoms with Gasteiger partial charge in [-0.15, -0.1) is 0 Å². The van der Waals surface area contributed by atoms with Gasteiger partial charge < -0.3 is 19.1 Å². The van der Waals surface area contributed by atoms with Crippen LogP contribution in [0.3, 0.4) is 0 Å². The van der Waals surface area contributed by atoms with Crippen molar-refractivity contribution in [3.8, 4) is 11.5 Å². The number of ketones is 2. The highest BCUT2D eigenvalue weighted by Gasteiger charge is 2.43. The first-order chi connectivity index (χ1) is 18.0. The van der Waals surface area contributed by atoms with Gasteiger partial charge in [0.15, 0.2) is 23.1 Å². The molecular weight excluding hydrogens is 581 g/mol. The summed E-state index contributed by atoms with van der Waals surface area (Å²) >= 11 is 2.27. The van der Waals surface area contributed by atoms with E-state index in [9.17, 15) is 9.59 Å². The minimum Gasteiger partial charge on any atom is -0.493 e. The normalized spacial score (nSPS) is 18.2. The SMILES string of the molecule is COCCN1C2=C(C(=O)CCC2)C(c2cc(I)c(OCc3ccccc3)c(OC)c2)C2=C1CCCC2=O. The second kappa shape index (κ2) is 11.4. The van der Waals surface area contributed by atoms with Crippen molar-refractivity contribution in [2.24, 2.45) is 0 Å². The molecule has 6 nitrogen and oxygen atoms in total. The van der Waals surface area contributed by atoms with E-state index in [2.05, 4.69) is 33.6 Å². The van der Waals surface area contributed by atoms with Crippen LogP contribution in [0.2, 0.25) is 0 Å². The van der Waals surface area contributed by atoms with Crippen LogP contribution in [0.4, 0.5) is 0 Å². The summed E-state index contributed by atoms with van der Waals surface area (Å²) in [5.74, 6) is 1.17. The molecule has 0 fully saturated rings. The maximum Gasteiger partial charge on any atom is 0.174 e. The molecule has 7 heteroatoms. The highest BCUT2D eigenvalue weighted by molar-refractivity contribution is 14.1. The summed E-state index contributed by atoms with van der Waals surface area (Å²) in [7, 11) is 3.32. The number of rotatable bonds is 8. The van der Waals surface area contributed by atoms with Gasteiger partial charge in [0.05, 0.1) is 17.3 Å². The molecule has 37 heavy (non-hydrogen) atoms. The molecule has 5 rings (SSSR count). The van der Waals surface area contributed by atoms with Crippen LogP contribution in [0.15, 0.2) is 65.0 Å². The van der Waals surface area contributed by atoms with Crippen molar-refractivity contribution in [3.63, 3.8) is 0 Å². The van der Waals surface area contributed by atoms with Crippen molar-refractivity contribution in [1.29, 1.82) is 0 Å². The van der Waals surface area contributed by atoms with Gasteiger partial charge in [-0.05, 0) is 71.5 Å². The summed E-state index contributed by atoms with van der Waals surface area (Å²) < 4.78 is 18.3. The molecule has 3 aliphatic rings. The number of carbonyl (C=O) groups excluding carboxylic acids is 2. The predicted octanol–water partition coefficient (Wildman–Crippen LogP) is 5.94. The Morgan fingerprint density at radius 3 is 2.16 bits per heavy atom. The molecular formula is C30H32INO5. The van der Waals surface area contributed by atoms with E-state index in [4.69, 9.17) is 14.2 Å². The summed E-state index contributed by atoms with van der Waals surface area (Å²) in [4.78, 5) is 29.2.